The van der Waals surface area contributed by atoms with Crippen LogP contribution < -0.4 is 5.32 Å². The van der Waals surface area contributed by atoms with Crippen LogP contribution in [0.4, 0.5) is 0 Å². The van der Waals surface area contributed by atoms with Crippen LogP contribution >= 0.6 is 0 Å². The Morgan fingerprint density at radius 1 is 1.12 bits per heavy atom. The maximum Gasteiger partial charge on any atom is 0.233 e. The van der Waals surface area contributed by atoms with Crippen LogP contribution in [0, 0.1) is 0 Å². The van der Waals surface area contributed by atoms with Gasteiger partial charge < -0.3 is 15.3 Å². The lowest BCUT2D eigenvalue weighted by Gasteiger charge is -2.36. The van der Waals surface area contributed by atoms with Crippen molar-refractivity contribution in [1.29, 1.82) is 0 Å². The lowest BCUT2D eigenvalue weighted by molar-refractivity contribution is -0.135. The summed E-state index contributed by atoms with van der Waals surface area (Å²) < 4.78 is 0. The Morgan fingerprint density at radius 2 is 1.77 bits per heavy atom. The second-order valence-electron chi connectivity index (χ2n) is 7.43. The zero-order valence-electron chi connectivity index (χ0n) is 15.6. The SMILES string of the molecule is CN(C)C(=O)C(CCNC1CC1)(Cc1ccccc1O)c1ccccc1. The van der Waals surface area contributed by atoms with Gasteiger partial charge in [0.2, 0.25) is 5.91 Å². The predicted molar refractivity (Wildman–Crippen MR) is 104 cm³/mol. The zero-order chi connectivity index (χ0) is 18.6. The molecule has 0 bridgehead atoms. The van der Waals surface area contributed by atoms with Crippen LogP contribution in [0.5, 0.6) is 5.75 Å². The molecule has 0 radical (unpaired) electrons. The van der Waals surface area contributed by atoms with Gasteiger partial charge in [-0.15, -0.1) is 0 Å². The molecular formula is C22H28N2O2. The zero-order valence-corrected chi connectivity index (χ0v) is 15.6. The number of carbonyl (C=O) groups excluding carboxylic acids is 1. The molecule has 2 aromatic carbocycles. The van der Waals surface area contributed by atoms with Crippen molar-refractivity contribution in [3.05, 3.63) is 65.7 Å². The van der Waals surface area contributed by atoms with E-state index >= 15 is 0 Å². The van der Waals surface area contributed by atoms with E-state index in [1.807, 2.05) is 48.5 Å². The van der Waals surface area contributed by atoms with Crippen molar-refractivity contribution in [2.75, 3.05) is 20.6 Å². The quantitative estimate of drug-likeness (QED) is 0.768. The molecular weight excluding hydrogens is 324 g/mol. The summed E-state index contributed by atoms with van der Waals surface area (Å²) >= 11 is 0. The number of hydrogen-bond acceptors (Lipinski definition) is 3. The van der Waals surface area contributed by atoms with Crippen molar-refractivity contribution < 1.29 is 9.90 Å². The molecule has 0 aromatic heterocycles. The molecule has 4 nitrogen and oxygen atoms in total. The Hall–Kier alpha value is -2.33. The number of para-hydroxylation sites is 1. The summed E-state index contributed by atoms with van der Waals surface area (Å²) in [6.45, 7) is 0.784. The number of nitrogens with zero attached hydrogens (tertiary/aromatic N) is 1. The van der Waals surface area contributed by atoms with Gasteiger partial charge in [-0.05, 0) is 49.4 Å². The predicted octanol–water partition coefficient (Wildman–Crippen LogP) is 3.10. The molecule has 1 fully saturated rings. The van der Waals surface area contributed by atoms with E-state index in [4.69, 9.17) is 0 Å². The van der Waals surface area contributed by atoms with E-state index in [0.717, 1.165) is 17.7 Å². The van der Waals surface area contributed by atoms with Gasteiger partial charge in [0.25, 0.3) is 0 Å². The minimum atomic E-state index is -0.703. The van der Waals surface area contributed by atoms with Crippen molar-refractivity contribution in [1.82, 2.24) is 10.2 Å². The average Bonchev–Trinajstić information content (AvgIpc) is 3.47. The summed E-state index contributed by atoms with van der Waals surface area (Å²) in [7, 11) is 3.61. The van der Waals surface area contributed by atoms with Crippen LogP contribution in [-0.2, 0) is 16.6 Å². The van der Waals surface area contributed by atoms with Crippen LogP contribution in [-0.4, -0.2) is 42.6 Å². The summed E-state index contributed by atoms with van der Waals surface area (Å²) in [5, 5.41) is 13.9. The third-order valence-corrected chi connectivity index (χ3v) is 5.19. The van der Waals surface area contributed by atoms with Crippen LogP contribution in [0.25, 0.3) is 0 Å². The molecule has 138 valence electrons. The number of carbonyl (C=O) groups is 1. The Labute approximate surface area is 155 Å². The van der Waals surface area contributed by atoms with E-state index in [2.05, 4.69) is 5.32 Å². The molecule has 1 atom stereocenters. The topological polar surface area (TPSA) is 52.6 Å². The number of hydrogen-bond donors (Lipinski definition) is 2. The summed E-state index contributed by atoms with van der Waals surface area (Å²) in [5.74, 6) is 0.319. The number of phenolic OH excluding ortho intramolecular Hbond substituents is 1. The van der Waals surface area contributed by atoms with Gasteiger partial charge in [-0.1, -0.05) is 48.5 Å². The Morgan fingerprint density at radius 3 is 2.38 bits per heavy atom. The highest BCUT2D eigenvalue weighted by atomic mass is 16.3. The van der Waals surface area contributed by atoms with Crippen LogP contribution in [0.1, 0.15) is 30.4 Å². The van der Waals surface area contributed by atoms with Crippen molar-refractivity contribution in [3.63, 3.8) is 0 Å². The number of amides is 1. The Balaban J connectivity index is 2.00. The van der Waals surface area contributed by atoms with Crippen molar-refractivity contribution >= 4 is 5.91 Å². The largest absolute Gasteiger partial charge is 0.508 e. The second-order valence-corrected chi connectivity index (χ2v) is 7.43. The minimum Gasteiger partial charge on any atom is -0.508 e. The molecule has 2 aromatic rings. The standard InChI is InChI=1S/C22H28N2O2/c1-24(2)21(26)22(14-15-23-19-12-13-19,18-9-4-3-5-10-18)16-17-8-6-7-11-20(17)25/h3-11,19,23,25H,12-16H2,1-2H3. The van der Waals surface area contributed by atoms with E-state index in [1.165, 1.54) is 12.8 Å². The third-order valence-electron chi connectivity index (χ3n) is 5.19. The van der Waals surface area contributed by atoms with Crippen molar-refractivity contribution in [3.8, 4) is 5.75 Å². The van der Waals surface area contributed by atoms with Gasteiger partial charge in [0.05, 0.1) is 5.41 Å². The maximum atomic E-state index is 13.4. The van der Waals surface area contributed by atoms with E-state index in [1.54, 1.807) is 25.1 Å². The fraction of sp³-hybridized carbons (Fsp3) is 0.409. The monoisotopic (exact) mass is 352 g/mol. The molecule has 3 rings (SSSR count). The molecule has 1 amide bonds. The molecule has 0 spiro atoms. The van der Waals surface area contributed by atoms with Crippen molar-refractivity contribution in [2.24, 2.45) is 0 Å². The molecule has 0 saturated heterocycles. The fourth-order valence-corrected chi connectivity index (χ4v) is 3.59. The summed E-state index contributed by atoms with van der Waals surface area (Å²) in [6, 6.07) is 17.9. The first-order valence-corrected chi connectivity index (χ1v) is 9.30. The van der Waals surface area contributed by atoms with Crippen LogP contribution in [0.3, 0.4) is 0 Å². The third kappa shape index (κ3) is 4.07. The average molecular weight is 352 g/mol. The summed E-state index contributed by atoms with van der Waals surface area (Å²) in [4.78, 5) is 15.1. The van der Waals surface area contributed by atoms with Gasteiger partial charge in [-0.25, -0.2) is 0 Å². The number of rotatable bonds is 8. The van der Waals surface area contributed by atoms with E-state index in [-0.39, 0.29) is 11.7 Å². The first-order valence-electron chi connectivity index (χ1n) is 9.30. The van der Waals surface area contributed by atoms with Gasteiger partial charge in [0.1, 0.15) is 5.75 Å². The highest BCUT2D eigenvalue weighted by molar-refractivity contribution is 5.88. The van der Waals surface area contributed by atoms with Gasteiger partial charge >= 0.3 is 0 Å². The molecule has 2 N–H and O–H groups in total. The number of benzene rings is 2. The van der Waals surface area contributed by atoms with Crippen LogP contribution in [0.2, 0.25) is 0 Å². The van der Waals surface area contributed by atoms with Crippen LogP contribution in [0.15, 0.2) is 54.6 Å². The number of phenols is 1. The lowest BCUT2D eigenvalue weighted by Crippen LogP contribution is -2.47. The van der Waals surface area contributed by atoms with Crippen molar-refractivity contribution in [2.45, 2.75) is 37.1 Å². The normalized spacial score (nSPS) is 16.1. The van der Waals surface area contributed by atoms with E-state index in [0.29, 0.717) is 18.9 Å². The fourth-order valence-electron chi connectivity index (χ4n) is 3.59. The molecule has 1 unspecified atom stereocenters. The first-order chi connectivity index (χ1) is 12.5. The maximum absolute atomic E-state index is 13.4. The van der Waals surface area contributed by atoms with E-state index in [9.17, 15) is 9.90 Å². The Bertz CT molecular complexity index is 741. The molecule has 4 heteroatoms. The smallest absolute Gasteiger partial charge is 0.233 e. The van der Waals surface area contributed by atoms with Gasteiger partial charge in [0, 0.05) is 20.1 Å². The lowest BCUT2D eigenvalue weighted by atomic mass is 9.71. The van der Waals surface area contributed by atoms with Gasteiger partial charge in [-0.3, -0.25) is 4.79 Å². The highest BCUT2D eigenvalue weighted by Crippen LogP contribution is 2.36. The molecule has 1 aliphatic rings. The summed E-state index contributed by atoms with van der Waals surface area (Å²) in [6.07, 6.45) is 3.62. The molecule has 0 aliphatic heterocycles. The molecule has 1 saturated carbocycles. The highest BCUT2D eigenvalue weighted by Gasteiger charge is 2.41. The van der Waals surface area contributed by atoms with Gasteiger partial charge in [0.15, 0.2) is 0 Å². The number of aromatic hydroxyl groups is 1. The molecule has 1 aliphatic carbocycles. The van der Waals surface area contributed by atoms with Gasteiger partial charge in [-0.2, -0.15) is 0 Å². The first kappa shape index (κ1) is 18.5. The number of nitrogens with one attached hydrogen (secondary N) is 1. The summed E-state index contributed by atoms with van der Waals surface area (Å²) in [5.41, 5.74) is 1.10. The molecule has 0 heterocycles. The minimum absolute atomic E-state index is 0.0737. The Kier molecular flexibility index (Phi) is 5.62. The molecule has 26 heavy (non-hydrogen) atoms. The number of likely N-dealkylation sites (N-methyl/N-ethyl adjacent to an activating group) is 1. The second kappa shape index (κ2) is 7.92. The van der Waals surface area contributed by atoms with E-state index < -0.39 is 5.41 Å².